The predicted octanol–water partition coefficient (Wildman–Crippen LogP) is 1.01. The van der Waals surface area contributed by atoms with E-state index < -0.39 is 0 Å². The van der Waals surface area contributed by atoms with Crippen LogP contribution in [0.5, 0.6) is 5.75 Å². The van der Waals surface area contributed by atoms with Gasteiger partial charge in [-0.25, -0.2) is 0 Å². The first-order chi connectivity index (χ1) is 9.63. The third-order valence-electron chi connectivity index (χ3n) is 2.91. The lowest BCUT2D eigenvalue weighted by molar-refractivity contribution is 0.0628. The molecule has 0 fully saturated rings. The van der Waals surface area contributed by atoms with Gasteiger partial charge in [0.1, 0.15) is 5.75 Å². The molecule has 2 N–H and O–H groups in total. The van der Waals surface area contributed by atoms with Gasteiger partial charge in [0, 0.05) is 39.1 Å². The van der Waals surface area contributed by atoms with E-state index in [1.54, 1.807) is 44.4 Å². The average molecular weight is 282 g/mol. The molecule has 6 heteroatoms. The van der Waals surface area contributed by atoms with Crippen LogP contribution in [0.1, 0.15) is 10.4 Å². The number of methoxy groups -OCH3 is 3. The summed E-state index contributed by atoms with van der Waals surface area (Å²) in [6.07, 6.45) is 0. The van der Waals surface area contributed by atoms with Crippen LogP contribution in [0.3, 0.4) is 0 Å². The first-order valence-corrected chi connectivity index (χ1v) is 6.34. The molecule has 0 aliphatic rings. The Labute approximate surface area is 119 Å². The molecule has 1 aromatic rings. The minimum atomic E-state index is -0.140. The average Bonchev–Trinajstić information content (AvgIpc) is 2.46. The second-order valence-electron chi connectivity index (χ2n) is 4.23. The molecule has 0 atom stereocenters. The van der Waals surface area contributed by atoms with Crippen molar-refractivity contribution in [3.63, 3.8) is 0 Å². The fraction of sp³-hybridized carbons (Fsp3) is 0.500. The van der Waals surface area contributed by atoms with Gasteiger partial charge in [-0.1, -0.05) is 0 Å². The van der Waals surface area contributed by atoms with Crippen LogP contribution in [0.2, 0.25) is 0 Å². The highest BCUT2D eigenvalue weighted by atomic mass is 16.5. The quantitative estimate of drug-likeness (QED) is 0.720. The molecule has 20 heavy (non-hydrogen) atoms. The molecule has 1 amide bonds. The first-order valence-electron chi connectivity index (χ1n) is 6.34. The van der Waals surface area contributed by atoms with Gasteiger partial charge in [-0.3, -0.25) is 4.79 Å². The maximum atomic E-state index is 12.5. The van der Waals surface area contributed by atoms with Gasteiger partial charge in [0.05, 0.1) is 25.9 Å². The van der Waals surface area contributed by atoms with E-state index in [-0.39, 0.29) is 5.91 Å². The highest BCUT2D eigenvalue weighted by Crippen LogP contribution is 2.21. The molecule has 1 aromatic carbocycles. The van der Waals surface area contributed by atoms with Crippen LogP contribution in [0.15, 0.2) is 18.2 Å². The zero-order valence-corrected chi connectivity index (χ0v) is 12.2. The van der Waals surface area contributed by atoms with Gasteiger partial charge in [-0.2, -0.15) is 0 Å². The second-order valence-corrected chi connectivity index (χ2v) is 4.23. The number of ether oxygens (including phenoxy) is 3. The molecule has 1 rings (SSSR count). The molecule has 0 spiro atoms. The molecule has 0 unspecified atom stereocenters. The van der Waals surface area contributed by atoms with E-state index in [2.05, 4.69) is 0 Å². The molecular weight excluding hydrogens is 260 g/mol. The van der Waals surface area contributed by atoms with Gasteiger partial charge in [0.25, 0.3) is 5.91 Å². The lowest BCUT2D eigenvalue weighted by Gasteiger charge is -2.23. The summed E-state index contributed by atoms with van der Waals surface area (Å²) < 4.78 is 15.1. The molecule has 0 aromatic heterocycles. The fourth-order valence-electron chi connectivity index (χ4n) is 1.75. The smallest absolute Gasteiger partial charge is 0.256 e. The van der Waals surface area contributed by atoms with Gasteiger partial charge >= 0.3 is 0 Å². The summed E-state index contributed by atoms with van der Waals surface area (Å²) in [7, 11) is 4.75. The Morgan fingerprint density at radius 3 is 2.20 bits per heavy atom. The number of hydrogen-bond acceptors (Lipinski definition) is 5. The maximum Gasteiger partial charge on any atom is 0.256 e. The lowest BCUT2D eigenvalue weighted by Crippen LogP contribution is -2.36. The summed E-state index contributed by atoms with van der Waals surface area (Å²) >= 11 is 0. The first kappa shape index (κ1) is 16.3. The summed E-state index contributed by atoms with van der Waals surface area (Å²) in [5.41, 5.74) is 6.76. The van der Waals surface area contributed by atoms with Crippen molar-refractivity contribution in [1.82, 2.24) is 4.90 Å². The van der Waals surface area contributed by atoms with E-state index in [0.717, 1.165) is 0 Å². The Hall–Kier alpha value is -1.79. The molecule has 0 aliphatic heterocycles. The molecular formula is C14H22N2O4. The normalized spacial score (nSPS) is 10.3. The Bertz CT molecular complexity index is 429. The number of nitrogens with zero attached hydrogens (tertiary/aromatic N) is 1. The number of carbonyl (C=O) groups is 1. The predicted molar refractivity (Wildman–Crippen MR) is 77.1 cm³/mol. The van der Waals surface area contributed by atoms with Crippen molar-refractivity contribution in [3.8, 4) is 5.75 Å². The minimum Gasteiger partial charge on any atom is -0.497 e. The number of rotatable bonds is 8. The fourth-order valence-corrected chi connectivity index (χ4v) is 1.75. The monoisotopic (exact) mass is 282 g/mol. The van der Waals surface area contributed by atoms with E-state index in [1.165, 1.54) is 0 Å². The minimum absolute atomic E-state index is 0.140. The molecule has 0 saturated heterocycles. The van der Waals surface area contributed by atoms with E-state index in [9.17, 15) is 4.79 Å². The largest absolute Gasteiger partial charge is 0.497 e. The van der Waals surface area contributed by atoms with Gasteiger partial charge in [0.15, 0.2) is 0 Å². The zero-order chi connectivity index (χ0) is 15.0. The number of nitrogen functional groups attached to an aromatic ring is 1. The second kappa shape index (κ2) is 8.39. The molecule has 0 saturated carbocycles. The third-order valence-corrected chi connectivity index (χ3v) is 2.91. The Morgan fingerprint density at radius 2 is 1.75 bits per heavy atom. The van der Waals surface area contributed by atoms with Gasteiger partial charge in [0.2, 0.25) is 0 Å². The van der Waals surface area contributed by atoms with Crippen molar-refractivity contribution in [1.29, 1.82) is 0 Å². The standard InChI is InChI=1S/C14H22N2O4/c1-18-8-6-16(7-9-19-2)14(17)12-5-4-11(20-3)10-13(12)15/h4-5,10H,6-9,15H2,1-3H3. The summed E-state index contributed by atoms with van der Waals surface area (Å²) in [5, 5.41) is 0. The molecule has 6 nitrogen and oxygen atoms in total. The van der Waals surface area contributed by atoms with Crippen LogP contribution >= 0.6 is 0 Å². The number of benzene rings is 1. The van der Waals surface area contributed by atoms with Crippen LogP contribution in [-0.2, 0) is 9.47 Å². The zero-order valence-electron chi connectivity index (χ0n) is 12.2. The molecule has 0 bridgehead atoms. The molecule has 112 valence electrons. The van der Waals surface area contributed by atoms with E-state index in [1.807, 2.05) is 0 Å². The van der Waals surface area contributed by atoms with Crippen molar-refractivity contribution < 1.29 is 19.0 Å². The number of hydrogen-bond donors (Lipinski definition) is 1. The van der Waals surface area contributed by atoms with Crippen molar-refractivity contribution in [2.24, 2.45) is 0 Å². The summed E-state index contributed by atoms with van der Waals surface area (Å²) in [6, 6.07) is 5.02. The SMILES string of the molecule is COCCN(CCOC)C(=O)c1ccc(OC)cc1N. The third kappa shape index (κ3) is 4.40. The highest BCUT2D eigenvalue weighted by Gasteiger charge is 2.18. The van der Waals surface area contributed by atoms with Crippen LogP contribution in [0.25, 0.3) is 0 Å². The Morgan fingerprint density at radius 1 is 1.15 bits per heavy atom. The highest BCUT2D eigenvalue weighted by molar-refractivity contribution is 5.99. The number of anilines is 1. The topological polar surface area (TPSA) is 74.0 Å². The number of nitrogens with two attached hydrogens (primary N) is 1. The van der Waals surface area contributed by atoms with Crippen molar-refractivity contribution >= 4 is 11.6 Å². The van der Waals surface area contributed by atoms with E-state index >= 15 is 0 Å². The summed E-state index contributed by atoms with van der Waals surface area (Å²) in [5.74, 6) is 0.485. The van der Waals surface area contributed by atoms with Crippen LogP contribution < -0.4 is 10.5 Å². The maximum absolute atomic E-state index is 12.5. The summed E-state index contributed by atoms with van der Waals surface area (Å²) in [4.78, 5) is 14.1. The van der Waals surface area contributed by atoms with Crippen LogP contribution in [0, 0.1) is 0 Å². The molecule has 0 heterocycles. The summed E-state index contributed by atoms with van der Waals surface area (Å²) in [6.45, 7) is 1.91. The van der Waals surface area contributed by atoms with Crippen molar-refractivity contribution in [2.45, 2.75) is 0 Å². The number of amides is 1. The van der Waals surface area contributed by atoms with Gasteiger partial charge < -0.3 is 24.8 Å². The van der Waals surface area contributed by atoms with Gasteiger partial charge in [-0.15, -0.1) is 0 Å². The van der Waals surface area contributed by atoms with E-state index in [0.29, 0.717) is 43.3 Å². The van der Waals surface area contributed by atoms with Crippen LogP contribution in [-0.4, -0.2) is 58.4 Å². The Balaban J connectivity index is 2.86. The lowest BCUT2D eigenvalue weighted by atomic mass is 10.1. The Kier molecular flexibility index (Phi) is 6.83. The molecule has 0 aliphatic carbocycles. The van der Waals surface area contributed by atoms with Crippen molar-refractivity contribution in [2.75, 3.05) is 53.4 Å². The van der Waals surface area contributed by atoms with Crippen LogP contribution in [0.4, 0.5) is 5.69 Å². The molecule has 0 radical (unpaired) electrons. The van der Waals surface area contributed by atoms with Gasteiger partial charge in [-0.05, 0) is 12.1 Å². The number of carbonyl (C=O) groups excluding carboxylic acids is 1. The van der Waals surface area contributed by atoms with E-state index in [4.69, 9.17) is 19.9 Å². The van der Waals surface area contributed by atoms with Crippen molar-refractivity contribution in [3.05, 3.63) is 23.8 Å².